The average molecular weight is 371 g/mol. The second-order valence-corrected chi connectivity index (χ2v) is 8.06. The molecule has 2 fully saturated rings. The lowest BCUT2D eigenvalue weighted by atomic mass is 9.87. The Kier molecular flexibility index (Phi) is 4.41. The van der Waals surface area contributed by atoms with E-state index in [2.05, 4.69) is 5.32 Å². The minimum absolute atomic E-state index is 0.0962. The molecule has 1 saturated carbocycles. The highest BCUT2D eigenvalue weighted by molar-refractivity contribution is 6.30. The molecule has 1 aliphatic carbocycles. The summed E-state index contributed by atoms with van der Waals surface area (Å²) in [6, 6.07) is 15.1. The monoisotopic (exact) mass is 370 g/mol. The van der Waals surface area contributed by atoms with Gasteiger partial charge < -0.3 is 15.3 Å². The van der Waals surface area contributed by atoms with E-state index < -0.39 is 5.60 Å². The summed E-state index contributed by atoms with van der Waals surface area (Å²) in [5.41, 5.74) is 2.10. The van der Waals surface area contributed by atoms with E-state index in [-0.39, 0.29) is 6.03 Å². The number of aryl methyl sites for hydroxylation is 1. The Labute approximate surface area is 158 Å². The maximum absolute atomic E-state index is 12.6. The summed E-state index contributed by atoms with van der Waals surface area (Å²) in [6.07, 6.45) is 1.42. The molecule has 0 radical (unpaired) electrons. The topological polar surface area (TPSA) is 52.6 Å². The molecule has 4 nitrogen and oxygen atoms in total. The molecule has 26 heavy (non-hydrogen) atoms. The minimum atomic E-state index is -0.768. The van der Waals surface area contributed by atoms with Crippen LogP contribution >= 0.6 is 11.6 Å². The van der Waals surface area contributed by atoms with Crippen LogP contribution in [0, 0.1) is 18.8 Å². The largest absolute Gasteiger partial charge is 0.385 e. The third-order valence-corrected chi connectivity index (χ3v) is 6.02. The Morgan fingerprint density at radius 2 is 1.85 bits per heavy atom. The number of hydrogen-bond acceptors (Lipinski definition) is 2. The van der Waals surface area contributed by atoms with Crippen LogP contribution < -0.4 is 5.32 Å². The van der Waals surface area contributed by atoms with Crippen LogP contribution in [0.25, 0.3) is 0 Å². The third-order valence-electron chi connectivity index (χ3n) is 5.79. The number of nitrogens with zero attached hydrogens (tertiary/aromatic N) is 1. The van der Waals surface area contributed by atoms with E-state index in [0.29, 0.717) is 48.5 Å². The van der Waals surface area contributed by atoms with Crippen molar-refractivity contribution in [1.29, 1.82) is 0 Å². The van der Waals surface area contributed by atoms with Crippen LogP contribution in [0.1, 0.15) is 24.0 Å². The second-order valence-electron chi connectivity index (χ2n) is 7.62. The number of aliphatic hydroxyl groups is 1. The van der Waals surface area contributed by atoms with Crippen LogP contribution in [0.5, 0.6) is 0 Å². The van der Waals surface area contributed by atoms with Gasteiger partial charge in [0.25, 0.3) is 0 Å². The molecule has 1 unspecified atom stereocenters. The molecule has 0 bridgehead atoms. The van der Waals surface area contributed by atoms with Crippen molar-refractivity contribution in [2.45, 2.75) is 25.4 Å². The normalized spacial score (nSPS) is 27.4. The van der Waals surface area contributed by atoms with E-state index in [1.54, 1.807) is 12.1 Å². The molecular formula is C21H23ClN2O2. The average Bonchev–Trinajstić information content (AvgIpc) is 3.11. The van der Waals surface area contributed by atoms with Crippen molar-refractivity contribution in [1.82, 2.24) is 4.90 Å². The Hall–Kier alpha value is -2.04. The van der Waals surface area contributed by atoms with Gasteiger partial charge in [-0.2, -0.15) is 0 Å². The van der Waals surface area contributed by atoms with Crippen LogP contribution in [0.3, 0.4) is 0 Å². The molecule has 2 aromatic rings. The molecule has 2 aliphatic rings. The van der Waals surface area contributed by atoms with E-state index in [1.807, 2.05) is 48.2 Å². The van der Waals surface area contributed by atoms with Gasteiger partial charge in [0.05, 0.1) is 5.60 Å². The summed E-state index contributed by atoms with van der Waals surface area (Å²) in [7, 11) is 0. The first-order chi connectivity index (χ1) is 12.4. The third kappa shape index (κ3) is 3.19. The zero-order valence-electron chi connectivity index (χ0n) is 14.8. The number of carbonyl (C=O) groups excluding carboxylic acids is 1. The van der Waals surface area contributed by atoms with E-state index in [9.17, 15) is 9.90 Å². The van der Waals surface area contributed by atoms with Crippen molar-refractivity contribution in [2.24, 2.45) is 11.8 Å². The number of amides is 2. The highest BCUT2D eigenvalue weighted by atomic mass is 35.5. The summed E-state index contributed by atoms with van der Waals surface area (Å²) >= 11 is 5.98. The Balaban J connectivity index is 1.42. The molecule has 3 atom stereocenters. The van der Waals surface area contributed by atoms with Crippen molar-refractivity contribution < 1.29 is 9.90 Å². The summed E-state index contributed by atoms with van der Waals surface area (Å²) in [6.45, 7) is 3.42. The van der Waals surface area contributed by atoms with Crippen molar-refractivity contribution in [2.75, 3.05) is 18.4 Å². The molecule has 136 valence electrons. The molecule has 0 spiro atoms. The summed E-state index contributed by atoms with van der Waals surface area (Å²) in [5, 5.41) is 14.7. The van der Waals surface area contributed by atoms with Gasteiger partial charge in [-0.1, -0.05) is 41.9 Å². The van der Waals surface area contributed by atoms with Gasteiger partial charge in [0.2, 0.25) is 0 Å². The van der Waals surface area contributed by atoms with Gasteiger partial charge in [-0.3, -0.25) is 0 Å². The van der Waals surface area contributed by atoms with Crippen LogP contribution in [-0.2, 0) is 5.60 Å². The summed E-state index contributed by atoms with van der Waals surface area (Å²) in [4.78, 5) is 14.4. The first-order valence-corrected chi connectivity index (χ1v) is 9.42. The molecule has 1 heterocycles. The van der Waals surface area contributed by atoms with Crippen molar-refractivity contribution in [3.8, 4) is 0 Å². The van der Waals surface area contributed by atoms with Gasteiger partial charge >= 0.3 is 6.03 Å². The fraction of sp³-hybridized carbons (Fsp3) is 0.381. The summed E-state index contributed by atoms with van der Waals surface area (Å²) < 4.78 is 0. The molecule has 0 aromatic heterocycles. The van der Waals surface area contributed by atoms with Crippen LogP contribution in [-0.4, -0.2) is 29.1 Å². The van der Waals surface area contributed by atoms with E-state index in [1.165, 1.54) is 0 Å². The lowest BCUT2D eigenvalue weighted by Crippen LogP contribution is -2.35. The standard InChI is InChI=1S/C21H23ClN2O2/c1-14-5-2-3-8-19(14)21(26)10-15-12-24(13-16(15)11-21)20(25)23-18-7-4-6-17(22)9-18/h2-9,15-16,26H,10-13H2,1H3,(H,23,25)/t15-,16+,21?. The molecular weight excluding hydrogens is 348 g/mol. The fourth-order valence-electron chi connectivity index (χ4n) is 4.60. The SMILES string of the molecule is Cc1ccccc1C1(O)C[C@H]2CN(C(=O)Nc3cccc(Cl)c3)C[C@H]2C1. The molecule has 2 aromatic carbocycles. The molecule has 1 saturated heterocycles. The highest BCUT2D eigenvalue weighted by Gasteiger charge is 2.50. The number of hydrogen-bond donors (Lipinski definition) is 2. The van der Waals surface area contributed by atoms with Crippen molar-refractivity contribution >= 4 is 23.3 Å². The smallest absolute Gasteiger partial charge is 0.321 e. The zero-order chi connectivity index (χ0) is 18.3. The maximum atomic E-state index is 12.6. The second kappa shape index (κ2) is 6.60. The van der Waals surface area contributed by atoms with Crippen molar-refractivity contribution in [3.63, 3.8) is 0 Å². The number of urea groups is 1. The molecule has 5 heteroatoms. The predicted octanol–water partition coefficient (Wildman–Crippen LogP) is 4.41. The number of halogens is 1. The number of fused-ring (bicyclic) bond motifs is 1. The number of likely N-dealkylation sites (tertiary alicyclic amines) is 1. The number of rotatable bonds is 2. The van der Waals surface area contributed by atoms with Gasteiger partial charge in [-0.15, -0.1) is 0 Å². The molecule has 4 rings (SSSR count). The van der Waals surface area contributed by atoms with Gasteiger partial charge in [0.15, 0.2) is 0 Å². The fourth-order valence-corrected chi connectivity index (χ4v) is 4.79. The maximum Gasteiger partial charge on any atom is 0.321 e. The lowest BCUT2D eigenvalue weighted by molar-refractivity contribution is 0.0322. The molecule has 2 amide bonds. The van der Waals surface area contributed by atoms with Crippen molar-refractivity contribution in [3.05, 3.63) is 64.7 Å². The summed E-state index contributed by atoms with van der Waals surface area (Å²) in [5.74, 6) is 0.675. The molecule has 2 N–H and O–H groups in total. The van der Waals surface area contributed by atoms with Crippen LogP contribution in [0.4, 0.5) is 10.5 Å². The van der Waals surface area contributed by atoms with Gasteiger partial charge in [0, 0.05) is 23.8 Å². The highest BCUT2D eigenvalue weighted by Crippen LogP contribution is 2.49. The first kappa shape index (κ1) is 17.4. The quantitative estimate of drug-likeness (QED) is 0.822. The van der Waals surface area contributed by atoms with E-state index >= 15 is 0 Å². The molecule has 1 aliphatic heterocycles. The minimum Gasteiger partial charge on any atom is -0.385 e. The van der Waals surface area contributed by atoms with Crippen LogP contribution in [0.15, 0.2) is 48.5 Å². The van der Waals surface area contributed by atoms with Crippen LogP contribution in [0.2, 0.25) is 5.02 Å². The number of nitrogens with one attached hydrogen (secondary N) is 1. The predicted molar refractivity (Wildman–Crippen MR) is 103 cm³/mol. The zero-order valence-corrected chi connectivity index (χ0v) is 15.5. The number of anilines is 1. The number of benzene rings is 2. The van der Waals surface area contributed by atoms with Gasteiger partial charge in [-0.25, -0.2) is 4.79 Å². The van der Waals surface area contributed by atoms with Gasteiger partial charge in [-0.05, 0) is 60.9 Å². The number of carbonyl (C=O) groups is 1. The Bertz CT molecular complexity index is 824. The van der Waals surface area contributed by atoms with E-state index in [4.69, 9.17) is 11.6 Å². The first-order valence-electron chi connectivity index (χ1n) is 9.04. The lowest BCUT2D eigenvalue weighted by Gasteiger charge is -2.28. The Morgan fingerprint density at radius 1 is 1.15 bits per heavy atom. The van der Waals surface area contributed by atoms with Gasteiger partial charge in [0.1, 0.15) is 0 Å². The Morgan fingerprint density at radius 3 is 2.50 bits per heavy atom. The van der Waals surface area contributed by atoms with E-state index in [0.717, 1.165) is 11.1 Å².